The van der Waals surface area contributed by atoms with Crippen LogP contribution in [0.1, 0.15) is 19.8 Å². The molecule has 1 amide bonds. The molecule has 19 heavy (non-hydrogen) atoms. The van der Waals surface area contributed by atoms with Crippen molar-refractivity contribution >= 4 is 17.7 Å². The number of nitrogens with zero attached hydrogens (tertiary/aromatic N) is 3. The van der Waals surface area contributed by atoms with Gasteiger partial charge in [-0.25, -0.2) is 4.79 Å². The predicted octanol–water partition coefficient (Wildman–Crippen LogP) is 0.161. The molecule has 0 spiro atoms. The number of carboxylic acid groups (broad SMARTS) is 1. The Morgan fingerprint density at radius 2 is 2.32 bits per heavy atom. The molecule has 1 atom stereocenters. The maximum absolute atomic E-state index is 11.6. The van der Waals surface area contributed by atoms with E-state index in [1.807, 2.05) is 0 Å². The predicted molar refractivity (Wildman–Crippen MR) is 63.4 cm³/mol. The van der Waals surface area contributed by atoms with Gasteiger partial charge in [0.2, 0.25) is 5.91 Å². The molecule has 0 aliphatic heterocycles. The van der Waals surface area contributed by atoms with Gasteiger partial charge in [0, 0.05) is 0 Å². The van der Waals surface area contributed by atoms with E-state index in [1.54, 1.807) is 6.92 Å². The number of carboxylic acids is 1. The molecule has 2 N–H and O–H groups in total. The fraction of sp³-hybridized carbons (Fsp3) is 0.500. The Balaban J connectivity index is 2.58. The molecule has 0 radical (unpaired) electrons. The van der Waals surface area contributed by atoms with Crippen LogP contribution in [-0.4, -0.2) is 37.7 Å². The molecule has 1 unspecified atom stereocenters. The third-order valence-electron chi connectivity index (χ3n) is 2.33. The lowest BCUT2D eigenvalue weighted by Crippen LogP contribution is -2.42. The van der Waals surface area contributed by atoms with Crippen LogP contribution in [0.5, 0.6) is 0 Å². The largest absolute Gasteiger partial charge is 0.480 e. The number of amides is 1. The van der Waals surface area contributed by atoms with Crippen molar-refractivity contribution in [3.8, 4) is 0 Å². The molecular weight excluding hydrogens is 256 g/mol. The number of aromatic nitrogens is 2. The molecule has 0 saturated carbocycles. The van der Waals surface area contributed by atoms with Crippen molar-refractivity contribution in [2.45, 2.75) is 32.4 Å². The maximum atomic E-state index is 11.6. The number of hydrogen-bond acceptors (Lipinski definition) is 5. The van der Waals surface area contributed by atoms with Crippen molar-refractivity contribution in [1.29, 1.82) is 0 Å². The molecule has 0 aromatic carbocycles. The monoisotopic (exact) mass is 270 g/mol. The summed E-state index contributed by atoms with van der Waals surface area (Å²) >= 11 is 0. The fourth-order valence-electron chi connectivity index (χ4n) is 1.47. The van der Waals surface area contributed by atoms with Crippen LogP contribution in [0.4, 0.5) is 5.82 Å². The number of nitro groups is 1. The number of nitrogens with one attached hydrogen (secondary N) is 1. The lowest BCUT2D eigenvalue weighted by molar-refractivity contribution is -0.389. The molecule has 1 heterocycles. The average molecular weight is 270 g/mol. The van der Waals surface area contributed by atoms with Crippen LogP contribution in [0.15, 0.2) is 12.3 Å². The summed E-state index contributed by atoms with van der Waals surface area (Å²) in [6.07, 6.45) is 2.22. The van der Waals surface area contributed by atoms with Crippen molar-refractivity contribution in [2.75, 3.05) is 0 Å². The smallest absolute Gasteiger partial charge is 0.389 e. The number of carbonyl (C=O) groups is 2. The second-order valence-corrected chi connectivity index (χ2v) is 3.88. The molecule has 0 fully saturated rings. The molecule has 9 heteroatoms. The van der Waals surface area contributed by atoms with Crippen molar-refractivity contribution in [2.24, 2.45) is 0 Å². The molecule has 1 aromatic heterocycles. The van der Waals surface area contributed by atoms with Gasteiger partial charge in [0.1, 0.15) is 12.6 Å². The molecular formula is C10H14N4O5. The van der Waals surface area contributed by atoms with E-state index < -0.39 is 22.8 Å². The summed E-state index contributed by atoms with van der Waals surface area (Å²) in [5.41, 5.74) is 0. The molecule has 0 bridgehead atoms. The number of rotatable bonds is 7. The summed E-state index contributed by atoms with van der Waals surface area (Å²) in [5, 5.41) is 25.2. The summed E-state index contributed by atoms with van der Waals surface area (Å²) in [4.78, 5) is 32.1. The van der Waals surface area contributed by atoms with Crippen LogP contribution in [0.25, 0.3) is 0 Å². The van der Waals surface area contributed by atoms with Gasteiger partial charge >= 0.3 is 11.8 Å². The summed E-state index contributed by atoms with van der Waals surface area (Å²) in [6, 6.07) is 0.205. The van der Waals surface area contributed by atoms with Gasteiger partial charge < -0.3 is 20.5 Å². The molecule has 0 aliphatic rings. The van der Waals surface area contributed by atoms with Crippen LogP contribution in [0.3, 0.4) is 0 Å². The van der Waals surface area contributed by atoms with Crippen LogP contribution in [-0.2, 0) is 16.1 Å². The van der Waals surface area contributed by atoms with Crippen LogP contribution in [0.2, 0.25) is 0 Å². The van der Waals surface area contributed by atoms with E-state index in [9.17, 15) is 19.7 Å². The fourth-order valence-corrected chi connectivity index (χ4v) is 1.47. The van der Waals surface area contributed by atoms with Crippen molar-refractivity contribution in [1.82, 2.24) is 15.1 Å². The van der Waals surface area contributed by atoms with Crippen molar-refractivity contribution in [3.05, 3.63) is 22.4 Å². The summed E-state index contributed by atoms with van der Waals surface area (Å²) in [6.45, 7) is 1.54. The maximum Gasteiger partial charge on any atom is 0.389 e. The summed E-state index contributed by atoms with van der Waals surface area (Å²) in [5.74, 6) is -2.03. The number of aliphatic carboxylic acids is 1. The second kappa shape index (κ2) is 6.47. The van der Waals surface area contributed by atoms with Gasteiger partial charge in [-0.2, -0.15) is 4.68 Å². The first-order valence-electron chi connectivity index (χ1n) is 5.64. The third kappa shape index (κ3) is 4.37. The Morgan fingerprint density at radius 3 is 2.79 bits per heavy atom. The molecule has 1 aromatic rings. The van der Waals surface area contributed by atoms with Gasteiger partial charge in [0.05, 0.1) is 17.4 Å². The lowest BCUT2D eigenvalue weighted by Gasteiger charge is -2.12. The quantitative estimate of drug-likeness (QED) is 0.536. The SMILES string of the molecule is CCCC(NC(=O)Cn1ccc([N+](=O)[O-])n1)C(=O)O. The highest BCUT2D eigenvalue weighted by atomic mass is 16.6. The highest BCUT2D eigenvalue weighted by Crippen LogP contribution is 2.05. The number of hydrogen-bond donors (Lipinski definition) is 2. The molecule has 104 valence electrons. The van der Waals surface area contributed by atoms with Crippen LogP contribution in [0, 0.1) is 10.1 Å². The van der Waals surface area contributed by atoms with E-state index >= 15 is 0 Å². The molecule has 0 saturated heterocycles. The third-order valence-corrected chi connectivity index (χ3v) is 2.33. The van der Waals surface area contributed by atoms with E-state index in [0.29, 0.717) is 12.8 Å². The molecule has 0 aliphatic carbocycles. The first kappa shape index (κ1) is 14.6. The number of carbonyl (C=O) groups excluding carboxylic acids is 1. The Labute approximate surface area is 108 Å². The van der Waals surface area contributed by atoms with E-state index in [2.05, 4.69) is 10.4 Å². The molecule has 1 rings (SSSR count). The second-order valence-electron chi connectivity index (χ2n) is 3.88. The highest BCUT2D eigenvalue weighted by Gasteiger charge is 2.20. The van der Waals surface area contributed by atoms with E-state index in [0.717, 1.165) is 10.7 Å². The zero-order valence-electron chi connectivity index (χ0n) is 10.3. The Hall–Kier alpha value is -2.45. The minimum atomic E-state index is -1.11. The van der Waals surface area contributed by atoms with E-state index in [-0.39, 0.29) is 12.4 Å². The zero-order chi connectivity index (χ0) is 14.4. The highest BCUT2D eigenvalue weighted by molar-refractivity contribution is 5.83. The van der Waals surface area contributed by atoms with Gasteiger partial charge in [-0.1, -0.05) is 13.3 Å². The standard InChI is InChI=1S/C10H14N4O5/c1-2-3-7(10(16)17)11-9(15)6-13-5-4-8(12-13)14(18)19/h4-5,7H,2-3,6H2,1H3,(H,11,15)(H,16,17). The van der Waals surface area contributed by atoms with Crippen LogP contribution < -0.4 is 5.32 Å². The summed E-state index contributed by atoms with van der Waals surface area (Å²) in [7, 11) is 0. The zero-order valence-corrected chi connectivity index (χ0v) is 10.3. The summed E-state index contributed by atoms with van der Waals surface area (Å²) < 4.78 is 1.08. The average Bonchev–Trinajstić information content (AvgIpc) is 2.76. The Bertz CT molecular complexity index is 484. The van der Waals surface area contributed by atoms with Gasteiger partial charge in [0.15, 0.2) is 0 Å². The Morgan fingerprint density at radius 1 is 1.63 bits per heavy atom. The first-order valence-corrected chi connectivity index (χ1v) is 5.64. The molecule has 9 nitrogen and oxygen atoms in total. The van der Waals surface area contributed by atoms with Crippen LogP contribution >= 0.6 is 0 Å². The topological polar surface area (TPSA) is 127 Å². The van der Waals surface area contributed by atoms with Gasteiger partial charge in [0.25, 0.3) is 0 Å². The van der Waals surface area contributed by atoms with E-state index in [4.69, 9.17) is 5.11 Å². The minimum absolute atomic E-state index is 0.263. The van der Waals surface area contributed by atoms with Gasteiger partial charge in [-0.05, 0) is 11.3 Å². The Kier molecular flexibility index (Phi) is 4.98. The van der Waals surface area contributed by atoms with Gasteiger partial charge in [-0.15, -0.1) is 0 Å². The van der Waals surface area contributed by atoms with E-state index in [1.165, 1.54) is 6.20 Å². The first-order chi connectivity index (χ1) is 8.93. The van der Waals surface area contributed by atoms with Crippen molar-refractivity contribution < 1.29 is 19.6 Å². The van der Waals surface area contributed by atoms with Crippen molar-refractivity contribution in [3.63, 3.8) is 0 Å². The lowest BCUT2D eigenvalue weighted by atomic mass is 10.1. The normalized spacial score (nSPS) is 11.8. The van der Waals surface area contributed by atoms with Gasteiger partial charge in [-0.3, -0.25) is 4.79 Å². The minimum Gasteiger partial charge on any atom is -0.480 e.